The monoisotopic (exact) mass is 582 g/mol. The molecule has 2 atom stereocenters. The number of carboxylic acid groups (broad SMARTS) is 1. The van der Waals surface area contributed by atoms with Crippen LogP contribution in [0.5, 0.6) is 0 Å². The Morgan fingerprint density at radius 1 is 0.610 bits per heavy atom. The van der Waals surface area contributed by atoms with Crippen LogP contribution in [0.3, 0.4) is 0 Å². The lowest BCUT2D eigenvalue weighted by Crippen LogP contribution is -2.40. The van der Waals surface area contributed by atoms with Gasteiger partial charge in [-0.15, -0.1) is 0 Å². The number of rotatable bonds is 31. The topological polar surface area (TPSA) is 119 Å². The molecule has 0 aliphatic carbocycles. The van der Waals surface area contributed by atoms with Crippen LogP contribution >= 0.6 is 0 Å². The lowest BCUT2D eigenvalue weighted by Gasteiger charge is -2.18. The SMILES string of the molecule is CCCCCCCCCCCCCCC(=O)OC(CCCCCC)CCCCCCC(=O)NC(CCCN)C(=O)O. The van der Waals surface area contributed by atoms with Crippen LogP contribution < -0.4 is 11.1 Å². The van der Waals surface area contributed by atoms with E-state index in [1.165, 1.54) is 83.5 Å². The predicted molar refractivity (Wildman–Crippen MR) is 170 cm³/mol. The van der Waals surface area contributed by atoms with Gasteiger partial charge in [-0.05, 0) is 57.9 Å². The molecule has 242 valence electrons. The van der Waals surface area contributed by atoms with Gasteiger partial charge >= 0.3 is 11.9 Å². The second kappa shape index (κ2) is 29.8. The zero-order valence-electron chi connectivity index (χ0n) is 26.9. The maximum atomic E-state index is 12.5. The Balaban J connectivity index is 4.08. The summed E-state index contributed by atoms with van der Waals surface area (Å²) in [5.74, 6) is -1.27. The van der Waals surface area contributed by atoms with Gasteiger partial charge < -0.3 is 20.9 Å². The van der Waals surface area contributed by atoms with Gasteiger partial charge in [0, 0.05) is 12.8 Å². The van der Waals surface area contributed by atoms with Crippen LogP contribution in [0.25, 0.3) is 0 Å². The van der Waals surface area contributed by atoms with Crippen molar-refractivity contribution in [2.24, 2.45) is 5.73 Å². The second-order valence-electron chi connectivity index (χ2n) is 11.9. The molecular weight excluding hydrogens is 516 g/mol. The van der Waals surface area contributed by atoms with Crippen molar-refractivity contribution in [3.63, 3.8) is 0 Å². The average Bonchev–Trinajstić information content (AvgIpc) is 2.95. The minimum atomic E-state index is -1.01. The van der Waals surface area contributed by atoms with E-state index in [1.807, 2.05) is 0 Å². The number of esters is 1. The first-order chi connectivity index (χ1) is 19.9. The van der Waals surface area contributed by atoms with E-state index in [2.05, 4.69) is 19.2 Å². The Labute approximate surface area is 252 Å². The molecule has 7 heteroatoms. The van der Waals surface area contributed by atoms with Gasteiger partial charge in [0.05, 0.1) is 0 Å². The molecule has 1 amide bonds. The minimum Gasteiger partial charge on any atom is -0.480 e. The van der Waals surface area contributed by atoms with Crippen molar-refractivity contribution in [3.8, 4) is 0 Å². The third kappa shape index (κ3) is 27.0. The van der Waals surface area contributed by atoms with Crippen molar-refractivity contribution >= 4 is 17.8 Å². The molecule has 4 N–H and O–H groups in total. The fourth-order valence-electron chi connectivity index (χ4n) is 5.27. The molecule has 0 aliphatic heterocycles. The van der Waals surface area contributed by atoms with Crippen LogP contribution in [0.1, 0.15) is 181 Å². The molecule has 41 heavy (non-hydrogen) atoms. The van der Waals surface area contributed by atoms with E-state index in [1.54, 1.807) is 0 Å². The van der Waals surface area contributed by atoms with E-state index in [-0.39, 0.29) is 18.0 Å². The number of hydrogen-bond acceptors (Lipinski definition) is 5. The third-order valence-electron chi connectivity index (χ3n) is 7.92. The molecule has 0 bridgehead atoms. The molecule has 0 heterocycles. The molecule has 0 aromatic carbocycles. The summed E-state index contributed by atoms with van der Waals surface area (Å²) in [7, 11) is 0. The Bertz CT molecular complexity index is 628. The average molecular weight is 583 g/mol. The zero-order valence-corrected chi connectivity index (χ0v) is 26.9. The van der Waals surface area contributed by atoms with Crippen molar-refractivity contribution in [1.82, 2.24) is 5.32 Å². The number of nitrogens with two attached hydrogens (primary N) is 1. The molecule has 0 rings (SSSR count). The highest BCUT2D eigenvalue weighted by molar-refractivity contribution is 5.83. The summed E-state index contributed by atoms with van der Waals surface area (Å²) in [6.07, 6.45) is 27.3. The summed E-state index contributed by atoms with van der Waals surface area (Å²) in [5.41, 5.74) is 5.45. The highest BCUT2D eigenvalue weighted by Crippen LogP contribution is 2.18. The highest BCUT2D eigenvalue weighted by atomic mass is 16.5. The third-order valence-corrected chi connectivity index (χ3v) is 7.92. The van der Waals surface area contributed by atoms with Crippen molar-refractivity contribution in [3.05, 3.63) is 0 Å². The molecule has 7 nitrogen and oxygen atoms in total. The first-order valence-corrected chi connectivity index (χ1v) is 17.4. The van der Waals surface area contributed by atoms with Gasteiger partial charge in [-0.1, -0.05) is 117 Å². The maximum absolute atomic E-state index is 12.5. The van der Waals surface area contributed by atoms with Crippen molar-refractivity contribution in [2.45, 2.75) is 193 Å². The van der Waals surface area contributed by atoms with Gasteiger partial charge in [0.25, 0.3) is 0 Å². The van der Waals surface area contributed by atoms with Crippen molar-refractivity contribution in [2.75, 3.05) is 6.54 Å². The largest absolute Gasteiger partial charge is 0.480 e. The Morgan fingerprint density at radius 2 is 1.05 bits per heavy atom. The zero-order chi connectivity index (χ0) is 30.4. The lowest BCUT2D eigenvalue weighted by molar-refractivity contribution is -0.150. The first-order valence-electron chi connectivity index (χ1n) is 17.4. The van der Waals surface area contributed by atoms with Crippen LogP contribution in [0.2, 0.25) is 0 Å². The number of carboxylic acids is 1. The number of carbonyl (C=O) groups excluding carboxylic acids is 2. The molecule has 0 saturated heterocycles. The Hall–Kier alpha value is -1.63. The molecule has 0 saturated carbocycles. The number of carbonyl (C=O) groups is 3. The van der Waals surface area contributed by atoms with E-state index in [0.29, 0.717) is 32.2 Å². The number of ether oxygens (including phenoxy) is 1. The molecule has 0 aromatic heterocycles. The summed E-state index contributed by atoms with van der Waals surface area (Å²) >= 11 is 0. The van der Waals surface area contributed by atoms with Crippen LogP contribution in [0.15, 0.2) is 0 Å². The van der Waals surface area contributed by atoms with Gasteiger partial charge in [0.1, 0.15) is 12.1 Å². The van der Waals surface area contributed by atoms with E-state index in [4.69, 9.17) is 10.5 Å². The summed E-state index contributed by atoms with van der Waals surface area (Å²) < 4.78 is 5.91. The molecule has 0 spiro atoms. The van der Waals surface area contributed by atoms with E-state index < -0.39 is 12.0 Å². The van der Waals surface area contributed by atoms with Crippen LogP contribution in [0, 0.1) is 0 Å². The van der Waals surface area contributed by atoms with Gasteiger partial charge in [0.2, 0.25) is 5.91 Å². The Morgan fingerprint density at radius 3 is 1.54 bits per heavy atom. The summed E-state index contributed by atoms with van der Waals surface area (Å²) in [6.45, 7) is 4.87. The van der Waals surface area contributed by atoms with Gasteiger partial charge in [-0.2, -0.15) is 0 Å². The number of aliphatic carboxylic acids is 1. The number of nitrogens with one attached hydrogen (secondary N) is 1. The standard InChI is InChI=1S/C34H66N2O5/c1-3-5-7-9-10-11-12-13-14-15-16-22-28-33(38)41-30(24-19-8-6-4-2)25-20-17-18-21-27-32(37)36-31(34(39)40)26-23-29-35/h30-31H,3-29,35H2,1-2H3,(H,36,37)(H,39,40). The fourth-order valence-corrected chi connectivity index (χ4v) is 5.27. The maximum Gasteiger partial charge on any atom is 0.326 e. The quantitative estimate of drug-likeness (QED) is 0.0556. The van der Waals surface area contributed by atoms with Gasteiger partial charge in [0.15, 0.2) is 0 Å². The predicted octanol–water partition coefficient (Wildman–Crippen LogP) is 8.61. The van der Waals surface area contributed by atoms with Crippen molar-refractivity contribution in [1.29, 1.82) is 0 Å². The summed E-state index contributed by atoms with van der Waals surface area (Å²) in [4.78, 5) is 35.9. The van der Waals surface area contributed by atoms with E-state index in [0.717, 1.165) is 57.8 Å². The molecule has 0 fully saturated rings. The molecule has 0 aromatic rings. The molecule has 2 unspecified atom stereocenters. The normalized spacial score (nSPS) is 12.7. The first kappa shape index (κ1) is 39.4. The minimum absolute atomic E-state index is 0.00106. The number of unbranched alkanes of at least 4 members (excludes halogenated alkanes) is 17. The molecule has 0 radical (unpaired) electrons. The van der Waals surface area contributed by atoms with E-state index in [9.17, 15) is 19.5 Å². The van der Waals surface area contributed by atoms with Crippen LogP contribution in [0.4, 0.5) is 0 Å². The second-order valence-corrected chi connectivity index (χ2v) is 11.9. The lowest BCUT2D eigenvalue weighted by atomic mass is 10.0. The Kier molecular flexibility index (Phi) is 28.7. The molecule has 0 aliphatic rings. The van der Waals surface area contributed by atoms with Gasteiger partial charge in [-0.25, -0.2) is 4.79 Å². The van der Waals surface area contributed by atoms with Crippen LogP contribution in [-0.4, -0.2) is 41.6 Å². The summed E-state index contributed by atoms with van der Waals surface area (Å²) in [5, 5.41) is 11.8. The van der Waals surface area contributed by atoms with Crippen molar-refractivity contribution < 1.29 is 24.2 Å². The van der Waals surface area contributed by atoms with E-state index >= 15 is 0 Å². The number of amides is 1. The summed E-state index contributed by atoms with van der Waals surface area (Å²) in [6, 6.07) is -0.857. The van der Waals surface area contributed by atoms with Crippen LogP contribution in [-0.2, 0) is 19.1 Å². The number of hydrogen-bond donors (Lipinski definition) is 3. The van der Waals surface area contributed by atoms with Gasteiger partial charge in [-0.3, -0.25) is 9.59 Å². The fraction of sp³-hybridized carbons (Fsp3) is 0.912. The highest BCUT2D eigenvalue weighted by Gasteiger charge is 2.19. The molecular formula is C34H66N2O5. The smallest absolute Gasteiger partial charge is 0.326 e.